The molecule has 2 heteroatoms. The first-order chi connectivity index (χ1) is 4.47. The molecular formula is C7H14N2. The molecule has 0 radical (unpaired) electrons. The van der Waals surface area contributed by atoms with Crippen molar-refractivity contribution >= 4 is 0 Å². The number of hydrogen-bond donors (Lipinski definition) is 1. The lowest BCUT2D eigenvalue weighted by molar-refractivity contribution is 0.203. The highest BCUT2D eigenvalue weighted by Gasteiger charge is 2.25. The van der Waals surface area contributed by atoms with Crippen LogP contribution in [-0.4, -0.2) is 30.7 Å². The molecule has 0 unspecified atom stereocenters. The van der Waals surface area contributed by atoms with Crippen LogP contribution >= 0.6 is 0 Å². The van der Waals surface area contributed by atoms with Crippen molar-refractivity contribution in [1.29, 1.82) is 0 Å². The number of hydrogen-bond acceptors (Lipinski definition) is 2. The van der Waals surface area contributed by atoms with Gasteiger partial charge in [0.05, 0.1) is 0 Å². The Labute approximate surface area is 56.2 Å². The Morgan fingerprint density at radius 3 is 3.22 bits per heavy atom. The molecule has 2 rings (SSSR count). The second-order valence-corrected chi connectivity index (χ2v) is 3.07. The zero-order chi connectivity index (χ0) is 6.10. The monoisotopic (exact) mass is 126 g/mol. The van der Waals surface area contributed by atoms with Crippen LogP contribution in [0.15, 0.2) is 0 Å². The van der Waals surface area contributed by atoms with E-state index >= 15 is 0 Å². The van der Waals surface area contributed by atoms with Crippen LogP contribution in [0.1, 0.15) is 19.3 Å². The minimum absolute atomic E-state index is 0.888. The maximum atomic E-state index is 3.39. The van der Waals surface area contributed by atoms with Gasteiger partial charge >= 0.3 is 0 Å². The molecule has 1 N–H and O–H groups in total. The number of piperidine rings is 1. The molecule has 2 aliphatic rings. The Balaban J connectivity index is 1.97. The molecule has 1 atom stereocenters. The summed E-state index contributed by atoms with van der Waals surface area (Å²) in [4.78, 5) is 2.56. The fourth-order valence-electron chi connectivity index (χ4n) is 1.87. The molecule has 0 amide bonds. The molecule has 2 aliphatic heterocycles. The summed E-state index contributed by atoms with van der Waals surface area (Å²) in [6, 6.07) is 0.888. The Morgan fingerprint density at radius 1 is 1.33 bits per heavy atom. The Kier molecular flexibility index (Phi) is 1.44. The summed E-state index contributed by atoms with van der Waals surface area (Å²) in [6.07, 6.45) is 4.29. The third-order valence-electron chi connectivity index (χ3n) is 2.44. The summed E-state index contributed by atoms with van der Waals surface area (Å²) in [5.74, 6) is 0. The summed E-state index contributed by atoms with van der Waals surface area (Å²) >= 11 is 0. The van der Waals surface area contributed by atoms with Gasteiger partial charge in [-0.1, -0.05) is 6.42 Å². The second kappa shape index (κ2) is 2.27. The van der Waals surface area contributed by atoms with E-state index in [0.29, 0.717) is 0 Å². The van der Waals surface area contributed by atoms with Crippen LogP contribution in [0, 0.1) is 0 Å². The topological polar surface area (TPSA) is 15.3 Å². The van der Waals surface area contributed by atoms with E-state index in [9.17, 15) is 0 Å². The fourth-order valence-corrected chi connectivity index (χ4v) is 1.87. The van der Waals surface area contributed by atoms with Gasteiger partial charge in [-0.15, -0.1) is 0 Å². The van der Waals surface area contributed by atoms with Crippen molar-refractivity contribution in [3.05, 3.63) is 0 Å². The lowest BCUT2D eigenvalue weighted by Gasteiger charge is -2.27. The van der Waals surface area contributed by atoms with Crippen LogP contribution in [0.25, 0.3) is 0 Å². The predicted molar refractivity (Wildman–Crippen MR) is 37.2 cm³/mol. The lowest BCUT2D eigenvalue weighted by atomic mass is 10.0. The second-order valence-electron chi connectivity index (χ2n) is 3.07. The zero-order valence-electron chi connectivity index (χ0n) is 5.77. The standard InChI is InChI=1S/C7H14N2/c1-2-4-9-6-8-5-7(9)3-1/h7-8H,1-6H2/t7-/m1/s1. The third-order valence-corrected chi connectivity index (χ3v) is 2.44. The number of nitrogens with one attached hydrogen (secondary N) is 1. The van der Waals surface area contributed by atoms with Crippen molar-refractivity contribution < 1.29 is 0 Å². The van der Waals surface area contributed by atoms with Crippen molar-refractivity contribution in [2.24, 2.45) is 0 Å². The molecule has 2 fully saturated rings. The Bertz CT molecular complexity index is 91.1. The van der Waals surface area contributed by atoms with E-state index in [4.69, 9.17) is 0 Å². The SMILES string of the molecule is C1CCN2CNC[C@H]2C1. The first-order valence-corrected chi connectivity index (χ1v) is 3.91. The van der Waals surface area contributed by atoms with Crippen molar-refractivity contribution in [3.63, 3.8) is 0 Å². The van der Waals surface area contributed by atoms with Gasteiger partial charge in [0.15, 0.2) is 0 Å². The Morgan fingerprint density at radius 2 is 2.33 bits per heavy atom. The average Bonchev–Trinajstić information content (AvgIpc) is 2.33. The summed E-state index contributed by atoms with van der Waals surface area (Å²) in [6.45, 7) is 3.71. The first-order valence-electron chi connectivity index (χ1n) is 3.91. The van der Waals surface area contributed by atoms with E-state index in [0.717, 1.165) is 12.7 Å². The van der Waals surface area contributed by atoms with E-state index < -0.39 is 0 Å². The molecule has 52 valence electrons. The van der Waals surface area contributed by atoms with Gasteiger partial charge in [-0.25, -0.2) is 0 Å². The van der Waals surface area contributed by atoms with Crippen LogP contribution in [0.2, 0.25) is 0 Å². The van der Waals surface area contributed by atoms with Gasteiger partial charge in [-0.05, 0) is 19.4 Å². The lowest BCUT2D eigenvalue weighted by Crippen LogP contribution is -2.35. The maximum absolute atomic E-state index is 3.39. The molecule has 0 aliphatic carbocycles. The highest BCUT2D eigenvalue weighted by molar-refractivity contribution is 4.82. The van der Waals surface area contributed by atoms with Crippen LogP contribution in [0.4, 0.5) is 0 Å². The van der Waals surface area contributed by atoms with Crippen molar-refractivity contribution in [2.75, 3.05) is 19.8 Å². The molecule has 0 aromatic carbocycles. The van der Waals surface area contributed by atoms with Crippen molar-refractivity contribution in [1.82, 2.24) is 10.2 Å². The van der Waals surface area contributed by atoms with Crippen LogP contribution < -0.4 is 5.32 Å². The van der Waals surface area contributed by atoms with Crippen molar-refractivity contribution in [2.45, 2.75) is 25.3 Å². The third kappa shape index (κ3) is 0.970. The minimum atomic E-state index is 0.888. The largest absolute Gasteiger partial charge is 0.303 e. The van der Waals surface area contributed by atoms with Gasteiger partial charge in [0.1, 0.15) is 0 Å². The quantitative estimate of drug-likeness (QED) is 0.505. The van der Waals surface area contributed by atoms with E-state index in [1.807, 2.05) is 0 Å². The van der Waals surface area contributed by atoms with Crippen LogP contribution in [-0.2, 0) is 0 Å². The van der Waals surface area contributed by atoms with Gasteiger partial charge in [-0.2, -0.15) is 0 Å². The number of fused-ring (bicyclic) bond motifs is 1. The predicted octanol–water partition coefficient (Wildman–Crippen LogP) is 0.402. The maximum Gasteiger partial charge on any atom is 0.0484 e. The fraction of sp³-hybridized carbons (Fsp3) is 1.00. The van der Waals surface area contributed by atoms with E-state index in [-0.39, 0.29) is 0 Å². The van der Waals surface area contributed by atoms with Crippen LogP contribution in [0.3, 0.4) is 0 Å². The smallest absolute Gasteiger partial charge is 0.0484 e. The zero-order valence-corrected chi connectivity index (χ0v) is 5.77. The van der Waals surface area contributed by atoms with E-state index in [2.05, 4.69) is 10.2 Å². The van der Waals surface area contributed by atoms with Crippen molar-refractivity contribution in [3.8, 4) is 0 Å². The van der Waals surface area contributed by atoms with Gasteiger partial charge in [0.2, 0.25) is 0 Å². The molecule has 2 saturated heterocycles. The van der Waals surface area contributed by atoms with E-state index in [1.165, 1.54) is 32.4 Å². The summed E-state index contributed by atoms with van der Waals surface area (Å²) in [5.41, 5.74) is 0. The summed E-state index contributed by atoms with van der Waals surface area (Å²) < 4.78 is 0. The van der Waals surface area contributed by atoms with Gasteiger partial charge in [-0.3, -0.25) is 4.90 Å². The van der Waals surface area contributed by atoms with E-state index in [1.54, 1.807) is 0 Å². The molecule has 0 spiro atoms. The minimum Gasteiger partial charge on any atom is -0.303 e. The van der Waals surface area contributed by atoms with Gasteiger partial charge < -0.3 is 5.32 Å². The highest BCUT2D eigenvalue weighted by Crippen LogP contribution is 2.17. The molecular weight excluding hydrogens is 112 g/mol. The summed E-state index contributed by atoms with van der Waals surface area (Å²) in [7, 11) is 0. The molecule has 9 heavy (non-hydrogen) atoms. The summed E-state index contributed by atoms with van der Waals surface area (Å²) in [5, 5.41) is 3.39. The highest BCUT2D eigenvalue weighted by atomic mass is 15.3. The van der Waals surface area contributed by atoms with Gasteiger partial charge in [0.25, 0.3) is 0 Å². The number of rotatable bonds is 0. The molecule has 0 bridgehead atoms. The molecule has 0 saturated carbocycles. The molecule has 2 nitrogen and oxygen atoms in total. The van der Waals surface area contributed by atoms with Crippen LogP contribution in [0.5, 0.6) is 0 Å². The number of nitrogens with zero attached hydrogens (tertiary/aromatic N) is 1. The molecule has 2 heterocycles. The van der Waals surface area contributed by atoms with Gasteiger partial charge in [0, 0.05) is 19.3 Å². The first kappa shape index (κ1) is 5.69. The molecule has 0 aromatic rings. The average molecular weight is 126 g/mol. The normalized spacial score (nSPS) is 36.7. The Hall–Kier alpha value is -0.0800. The molecule has 0 aromatic heterocycles.